The highest BCUT2D eigenvalue weighted by Gasteiger charge is 2.08. The SMILES string of the molecule is CC(CCc1ccccc1)NC(=O)NCc1cccc(OCC(F)F)c1. The third-order valence-electron chi connectivity index (χ3n) is 3.81. The third kappa shape index (κ3) is 7.51. The quantitative estimate of drug-likeness (QED) is 0.704. The van der Waals surface area contributed by atoms with Crippen LogP contribution < -0.4 is 15.4 Å². The summed E-state index contributed by atoms with van der Waals surface area (Å²) in [4.78, 5) is 12.0. The van der Waals surface area contributed by atoms with Gasteiger partial charge in [-0.1, -0.05) is 42.5 Å². The summed E-state index contributed by atoms with van der Waals surface area (Å²) in [6.07, 6.45) is -0.778. The highest BCUT2D eigenvalue weighted by atomic mass is 19.3. The van der Waals surface area contributed by atoms with E-state index >= 15 is 0 Å². The minimum Gasteiger partial charge on any atom is -0.488 e. The van der Waals surface area contributed by atoms with Crippen LogP contribution in [0.2, 0.25) is 0 Å². The molecule has 0 saturated heterocycles. The Labute approximate surface area is 152 Å². The first-order valence-electron chi connectivity index (χ1n) is 8.61. The van der Waals surface area contributed by atoms with Crippen LogP contribution >= 0.6 is 0 Å². The Morgan fingerprint density at radius 1 is 1.08 bits per heavy atom. The lowest BCUT2D eigenvalue weighted by atomic mass is 10.1. The number of carbonyl (C=O) groups excluding carboxylic acids is 1. The molecule has 0 radical (unpaired) electrons. The molecule has 0 heterocycles. The Bertz CT molecular complexity index is 681. The van der Waals surface area contributed by atoms with Crippen molar-refractivity contribution in [3.63, 3.8) is 0 Å². The summed E-state index contributed by atoms with van der Waals surface area (Å²) in [5.41, 5.74) is 2.02. The van der Waals surface area contributed by atoms with Crippen molar-refractivity contribution in [3.05, 3.63) is 65.7 Å². The number of carbonyl (C=O) groups is 1. The molecule has 26 heavy (non-hydrogen) atoms. The van der Waals surface area contributed by atoms with Gasteiger partial charge in [0.1, 0.15) is 12.4 Å². The summed E-state index contributed by atoms with van der Waals surface area (Å²) >= 11 is 0. The number of rotatable bonds is 9. The Hall–Kier alpha value is -2.63. The summed E-state index contributed by atoms with van der Waals surface area (Å²) in [6.45, 7) is 1.61. The second-order valence-corrected chi connectivity index (χ2v) is 6.10. The Morgan fingerprint density at radius 3 is 2.54 bits per heavy atom. The predicted molar refractivity (Wildman–Crippen MR) is 97.5 cm³/mol. The van der Waals surface area contributed by atoms with Crippen molar-refractivity contribution < 1.29 is 18.3 Å². The molecule has 0 aromatic heterocycles. The van der Waals surface area contributed by atoms with Crippen molar-refractivity contribution in [2.75, 3.05) is 6.61 Å². The van der Waals surface area contributed by atoms with Gasteiger partial charge < -0.3 is 15.4 Å². The maximum absolute atomic E-state index is 12.2. The number of urea groups is 1. The van der Waals surface area contributed by atoms with Crippen molar-refractivity contribution in [1.82, 2.24) is 10.6 Å². The maximum atomic E-state index is 12.2. The number of ether oxygens (including phenoxy) is 1. The maximum Gasteiger partial charge on any atom is 0.315 e. The van der Waals surface area contributed by atoms with E-state index in [9.17, 15) is 13.6 Å². The molecule has 1 atom stereocenters. The molecule has 4 nitrogen and oxygen atoms in total. The van der Waals surface area contributed by atoms with Crippen molar-refractivity contribution in [2.45, 2.75) is 38.8 Å². The molecular weight excluding hydrogens is 338 g/mol. The zero-order chi connectivity index (χ0) is 18.8. The molecule has 2 aromatic carbocycles. The number of alkyl halides is 2. The molecule has 2 amide bonds. The van der Waals surface area contributed by atoms with Crippen LogP contribution in [-0.4, -0.2) is 25.1 Å². The molecular formula is C20H24F2N2O2. The van der Waals surface area contributed by atoms with Gasteiger partial charge in [0.15, 0.2) is 0 Å². The van der Waals surface area contributed by atoms with E-state index in [0.29, 0.717) is 12.3 Å². The lowest BCUT2D eigenvalue weighted by molar-refractivity contribution is 0.0818. The fourth-order valence-corrected chi connectivity index (χ4v) is 2.46. The van der Waals surface area contributed by atoms with E-state index in [1.807, 2.05) is 25.1 Å². The normalized spacial score (nSPS) is 11.8. The third-order valence-corrected chi connectivity index (χ3v) is 3.81. The number of nitrogens with one attached hydrogen (secondary N) is 2. The molecule has 0 fully saturated rings. The van der Waals surface area contributed by atoms with E-state index < -0.39 is 13.0 Å². The molecule has 0 bridgehead atoms. The highest BCUT2D eigenvalue weighted by molar-refractivity contribution is 5.74. The van der Waals surface area contributed by atoms with Crippen LogP contribution in [0.1, 0.15) is 24.5 Å². The molecule has 0 aliphatic carbocycles. The first-order chi connectivity index (χ1) is 12.5. The second kappa shape index (κ2) is 10.4. The van der Waals surface area contributed by atoms with Crippen LogP contribution in [0.25, 0.3) is 0 Å². The van der Waals surface area contributed by atoms with Crippen LogP contribution in [0.15, 0.2) is 54.6 Å². The molecule has 1 unspecified atom stereocenters. The highest BCUT2D eigenvalue weighted by Crippen LogP contribution is 2.14. The van der Waals surface area contributed by atoms with E-state index in [2.05, 4.69) is 22.8 Å². The minimum absolute atomic E-state index is 0.0379. The van der Waals surface area contributed by atoms with Crippen molar-refractivity contribution in [3.8, 4) is 5.75 Å². The van der Waals surface area contributed by atoms with Crippen molar-refractivity contribution in [1.29, 1.82) is 0 Å². The van der Waals surface area contributed by atoms with E-state index in [1.165, 1.54) is 5.56 Å². The van der Waals surface area contributed by atoms with Crippen LogP contribution in [0, 0.1) is 0 Å². The molecule has 2 N–H and O–H groups in total. The molecule has 0 spiro atoms. The first-order valence-corrected chi connectivity index (χ1v) is 8.61. The predicted octanol–water partition coefficient (Wildman–Crippen LogP) is 4.15. The first kappa shape index (κ1) is 19.7. The van der Waals surface area contributed by atoms with Gasteiger partial charge in [0.2, 0.25) is 0 Å². The average molecular weight is 362 g/mol. The largest absolute Gasteiger partial charge is 0.488 e. The number of aryl methyl sites for hydroxylation is 1. The summed E-state index contributed by atoms with van der Waals surface area (Å²) in [6, 6.07) is 16.6. The molecule has 2 rings (SSSR count). The van der Waals surface area contributed by atoms with E-state index in [-0.39, 0.29) is 12.1 Å². The van der Waals surface area contributed by atoms with Gasteiger partial charge in [0, 0.05) is 12.6 Å². The van der Waals surface area contributed by atoms with Gasteiger partial charge in [-0.2, -0.15) is 0 Å². The molecule has 2 aromatic rings. The molecule has 0 saturated carbocycles. The summed E-state index contributed by atoms with van der Waals surface area (Å²) in [7, 11) is 0. The Morgan fingerprint density at radius 2 is 1.81 bits per heavy atom. The number of hydrogen-bond acceptors (Lipinski definition) is 2. The molecule has 0 aliphatic rings. The van der Waals surface area contributed by atoms with Gasteiger partial charge in [-0.3, -0.25) is 0 Å². The number of hydrogen-bond donors (Lipinski definition) is 2. The van der Waals surface area contributed by atoms with Crippen molar-refractivity contribution in [2.24, 2.45) is 0 Å². The van der Waals surface area contributed by atoms with E-state index in [0.717, 1.165) is 18.4 Å². The number of benzene rings is 2. The smallest absolute Gasteiger partial charge is 0.315 e. The Balaban J connectivity index is 1.71. The van der Waals surface area contributed by atoms with Gasteiger partial charge in [0.25, 0.3) is 6.43 Å². The summed E-state index contributed by atoms with van der Waals surface area (Å²) < 4.78 is 29.3. The fraction of sp³-hybridized carbons (Fsp3) is 0.350. The van der Waals surface area contributed by atoms with E-state index in [4.69, 9.17) is 4.74 Å². The zero-order valence-corrected chi connectivity index (χ0v) is 14.8. The molecule has 6 heteroatoms. The van der Waals surface area contributed by atoms with Crippen molar-refractivity contribution >= 4 is 6.03 Å². The Kier molecular flexibility index (Phi) is 7.86. The van der Waals surface area contributed by atoms with Gasteiger partial charge in [-0.25, -0.2) is 13.6 Å². The monoisotopic (exact) mass is 362 g/mol. The molecule has 140 valence electrons. The minimum atomic E-state index is -2.51. The average Bonchev–Trinajstić information content (AvgIpc) is 2.64. The van der Waals surface area contributed by atoms with Gasteiger partial charge in [-0.05, 0) is 43.0 Å². The standard InChI is InChI=1S/C20H24F2N2O2/c1-15(10-11-16-6-3-2-4-7-16)24-20(25)23-13-17-8-5-9-18(12-17)26-14-19(21)22/h2-9,12,15,19H,10-11,13-14H2,1H3,(H2,23,24,25). The topological polar surface area (TPSA) is 50.4 Å². The summed E-state index contributed by atoms with van der Waals surface area (Å²) in [5, 5.41) is 5.66. The number of halogens is 2. The lowest BCUT2D eigenvalue weighted by Gasteiger charge is -2.15. The lowest BCUT2D eigenvalue weighted by Crippen LogP contribution is -2.40. The molecule has 0 aliphatic heterocycles. The van der Waals surface area contributed by atoms with Crippen LogP contribution in [0.3, 0.4) is 0 Å². The second-order valence-electron chi connectivity index (χ2n) is 6.10. The van der Waals surface area contributed by atoms with Gasteiger partial charge in [0.05, 0.1) is 0 Å². The van der Waals surface area contributed by atoms with Crippen LogP contribution in [-0.2, 0) is 13.0 Å². The van der Waals surface area contributed by atoms with E-state index in [1.54, 1.807) is 24.3 Å². The van der Waals surface area contributed by atoms with Crippen LogP contribution in [0.5, 0.6) is 5.75 Å². The van der Waals surface area contributed by atoms with Crippen LogP contribution in [0.4, 0.5) is 13.6 Å². The zero-order valence-electron chi connectivity index (χ0n) is 14.8. The fourth-order valence-electron chi connectivity index (χ4n) is 2.46. The number of amides is 2. The summed E-state index contributed by atoms with van der Waals surface area (Å²) in [5.74, 6) is 0.362. The van der Waals surface area contributed by atoms with Gasteiger partial charge in [-0.15, -0.1) is 0 Å². The van der Waals surface area contributed by atoms with Gasteiger partial charge >= 0.3 is 6.03 Å².